The molecular weight excluding hydrogens is 548 g/mol. The average Bonchev–Trinajstić information content (AvgIpc) is 3.84. The zero-order chi connectivity index (χ0) is 30.2. The number of hydrogen-bond donors (Lipinski definition) is 0. The van der Waals surface area contributed by atoms with Crippen LogP contribution in [0.5, 0.6) is 0 Å². The Balaban J connectivity index is 1.03. The lowest BCUT2D eigenvalue weighted by atomic mass is 9.85. The smallest absolute Gasteiger partial charge is 0.329 e. The molecule has 6 aliphatic rings. The number of unbranched alkanes of at least 4 members (excludes halogenated alkanes) is 1. The molecule has 9 unspecified atom stereocenters. The predicted octanol–water partition coefficient (Wildman–Crippen LogP) is 3.18. The van der Waals surface area contributed by atoms with E-state index in [4.69, 9.17) is 4.74 Å². The lowest BCUT2D eigenvalue weighted by molar-refractivity contribution is -0.159. The van der Waals surface area contributed by atoms with E-state index >= 15 is 0 Å². The Bertz CT molecular complexity index is 1450. The van der Waals surface area contributed by atoms with Gasteiger partial charge in [0, 0.05) is 12.1 Å². The zero-order valence-corrected chi connectivity index (χ0v) is 24.4. The molecule has 4 amide bonds. The van der Waals surface area contributed by atoms with E-state index in [0.717, 1.165) is 28.9 Å². The molecule has 0 aromatic heterocycles. The Labute approximate surface area is 250 Å². The van der Waals surface area contributed by atoms with Crippen LogP contribution >= 0.6 is 0 Å². The summed E-state index contributed by atoms with van der Waals surface area (Å²) in [6, 6.07) is 4.31. The molecule has 4 fully saturated rings. The van der Waals surface area contributed by atoms with Crippen molar-refractivity contribution in [1.82, 2.24) is 9.80 Å². The van der Waals surface area contributed by atoms with Crippen molar-refractivity contribution in [1.29, 1.82) is 0 Å². The van der Waals surface area contributed by atoms with Gasteiger partial charge in [0.1, 0.15) is 6.04 Å². The van der Waals surface area contributed by atoms with Gasteiger partial charge in [0.2, 0.25) is 29.4 Å². The average molecular weight is 585 g/mol. The monoisotopic (exact) mass is 584 g/mol. The SMILES string of the molecule is Cc1ccc(C)c(C(=O)COC(=O)C(CCCCN2C(=O)C3C4C=CC(C4)C3C2=O)N2C(=O)C3C4C=CC(C4)C3C2=O)c1. The highest BCUT2D eigenvalue weighted by molar-refractivity contribution is 6.09. The summed E-state index contributed by atoms with van der Waals surface area (Å²) >= 11 is 0. The van der Waals surface area contributed by atoms with Gasteiger partial charge in [-0.15, -0.1) is 0 Å². The Morgan fingerprint density at radius 2 is 1.33 bits per heavy atom. The molecule has 4 aliphatic carbocycles. The van der Waals surface area contributed by atoms with E-state index in [9.17, 15) is 28.8 Å². The van der Waals surface area contributed by atoms with Crippen LogP contribution in [0.1, 0.15) is 53.6 Å². The van der Waals surface area contributed by atoms with Crippen molar-refractivity contribution in [2.75, 3.05) is 13.2 Å². The minimum absolute atomic E-state index is 0.00424. The maximum absolute atomic E-state index is 13.6. The molecule has 0 radical (unpaired) electrons. The van der Waals surface area contributed by atoms with Gasteiger partial charge in [0.05, 0.1) is 23.7 Å². The summed E-state index contributed by atoms with van der Waals surface area (Å²) in [6.45, 7) is 3.42. The molecule has 1 aromatic carbocycles. The lowest BCUT2D eigenvalue weighted by Gasteiger charge is -2.26. The van der Waals surface area contributed by atoms with Crippen LogP contribution in [-0.4, -0.2) is 64.4 Å². The van der Waals surface area contributed by atoms with Crippen LogP contribution in [0, 0.1) is 61.2 Å². The number of hydrogen-bond acceptors (Lipinski definition) is 7. The number of esters is 1. The largest absolute Gasteiger partial charge is 0.456 e. The first-order chi connectivity index (χ1) is 20.7. The highest BCUT2D eigenvalue weighted by Gasteiger charge is 2.61. The summed E-state index contributed by atoms with van der Waals surface area (Å²) in [5.74, 6) is -3.26. The molecular formula is C34H36N2O7. The third-order valence-electron chi connectivity index (χ3n) is 10.8. The number of nitrogens with zero attached hydrogens (tertiary/aromatic N) is 2. The lowest BCUT2D eigenvalue weighted by Crippen LogP contribution is -2.47. The third-order valence-corrected chi connectivity index (χ3v) is 10.8. The second-order valence-electron chi connectivity index (χ2n) is 13.2. The van der Waals surface area contributed by atoms with Gasteiger partial charge >= 0.3 is 5.97 Å². The van der Waals surface area contributed by atoms with Crippen LogP contribution in [0.3, 0.4) is 0 Å². The summed E-state index contributed by atoms with van der Waals surface area (Å²) in [6.07, 6.45) is 10.7. The summed E-state index contributed by atoms with van der Waals surface area (Å²) in [4.78, 5) is 82.2. The molecule has 7 rings (SSSR count). The van der Waals surface area contributed by atoms with Crippen molar-refractivity contribution in [3.05, 3.63) is 59.2 Å². The van der Waals surface area contributed by atoms with Crippen LogP contribution in [0.2, 0.25) is 0 Å². The first-order valence-electron chi connectivity index (χ1n) is 15.5. The van der Waals surface area contributed by atoms with Crippen LogP contribution < -0.4 is 0 Å². The number of ketones is 1. The van der Waals surface area contributed by atoms with E-state index in [-0.39, 0.29) is 77.9 Å². The van der Waals surface area contributed by atoms with E-state index in [1.165, 1.54) is 4.90 Å². The van der Waals surface area contributed by atoms with Crippen molar-refractivity contribution >= 4 is 35.4 Å². The first kappa shape index (κ1) is 27.9. The van der Waals surface area contributed by atoms with E-state index in [1.54, 1.807) is 6.07 Å². The minimum atomic E-state index is -1.17. The Hall–Kier alpha value is -3.88. The number of rotatable bonds is 10. The number of carbonyl (C=O) groups is 6. The van der Waals surface area contributed by atoms with E-state index in [0.29, 0.717) is 18.4 Å². The second kappa shape index (κ2) is 10.4. The summed E-state index contributed by atoms with van der Waals surface area (Å²) in [5.41, 5.74) is 2.13. The number of aryl methyl sites for hydroxylation is 2. The molecule has 1 aromatic rings. The summed E-state index contributed by atoms with van der Waals surface area (Å²) < 4.78 is 5.49. The fraction of sp³-hybridized carbons (Fsp3) is 0.529. The number of allylic oxidation sites excluding steroid dienone is 4. The van der Waals surface area contributed by atoms with Crippen molar-refractivity contribution in [2.45, 2.75) is 52.0 Å². The zero-order valence-electron chi connectivity index (χ0n) is 24.4. The molecule has 43 heavy (non-hydrogen) atoms. The van der Waals surface area contributed by atoms with Crippen LogP contribution in [0.4, 0.5) is 0 Å². The molecule has 2 saturated heterocycles. The Morgan fingerprint density at radius 3 is 1.88 bits per heavy atom. The van der Waals surface area contributed by atoms with Gasteiger partial charge in [0.15, 0.2) is 6.61 Å². The van der Waals surface area contributed by atoms with E-state index in [1.807, 2.05) is 38.1 Å². The quantitative estimate of drug-likeness (QED) is 0.136. The third kappa shape index (κ3) is 4.33. The van der Waals surface area contributed by atoms with Gasteiger partial charge in [-0.2, -0.15) is 0 Å². The fourth-order valence-corrected chi connectivity index (χ4v) is 8.72. The van der Waals surface area contributed by atoms with Crippen LogP contribution in [0.15, 0.2) is 42.5 Å². The molecule has 2 heterocycles. The number of imide groups is 2. The first-order valence-corrected chi connectivity index (χ1v) is 15.5. The second-order valence-corrected chi connectivity index (χ2v) is 13.2. The molecule has 224 valence electrons. The number of ether oxygens (including phenoxy) is 1. The predicted molar refractivity (Wildman–Crippen MR) is 153 cm³/mol. The maximum atomic E-state index is 13.6. The number of benzene rings is 1. The van der Waals surface area contributed by atoms with E-state index < -0.39 is 30.5 Å². The molecule has 9 heteroatoms. The number of amides is 4. The minimum Gasteiger partial charge on any atom is -0.456 e. The number of carbonyl (C=O) groups excluding carboxylic acids is 6. The van der Waals surface area contributed by atoms with Gasteiger partial charge in [-0.25, -0.2) is 4.79 Å². The molecule has 9 atom stereocenters. The number of fused-ring (bicyclic) bond motifs is 10. The molecule has 2 saturated carbocycles. The van der Waals surface area contributed by atoms with Crippen molar-refractivity contribution in [2.24, 2.45) is 47.3 Å². The molecule has 9 nitrogen and oxygen atoms in total. The molecule has 0 N–H and O–H groups in total. The van der Waals surface area contributed by atoms with Crippen molar-refractivity contribution in [3.63, 3.8) is 0 Å². The van der Waals surface area contributed by atoms with Gasteiger partial charge in [-0.1, -0.05) is 42.0 Å². The van der Waals surface area contributed by atoms with Crippen LogP contribution in [0.25, 0.3) is 0 Å². The number of Topliss-reactive ketones (excluding diaryl/α,β-unsaturated/α-hetero) is 1. The van der Waals surface area contributed by atoms with Gasteiger partial charge in [-0.05, 0) is 81.3 Å². The highest BCUT2D eigenvalue weighted by Crippen LogP contribution is 2.54. The van der Waals surface area contributed by atoms with Crippen LogP contribution in [-0.2, 0) is 28.7 Å². The topological polar surface area (TPSA) is 118 Å². The highest BCUT2D eigenvalue weighted by atomic mass is 16.5. The maximum Gasteiger partial charge on any atom is 0.329 e. The summed E-state index contributed by atoms with van der Waals surface area (Å²) in [5, 5.41) is 0. The molecule has 2 aliphatic heterocycles. The number of likely N-dealkylation sites (tertiary alicyclic amines) is 2. The van der Waals surface area contributed by atoms with Crippen molar-refractivity contribution in [3.8, 4) is 0 Å². The van der Waals surface area contributed by atoms with Gasteiger partial charge in [0.25, 0.3) is 0 Å². The van der Waals surface area contributed by atoms with Gasteiger partial charge < -0.3 is 4.74 Å². The van der Waals surface area contributed by atoms with Gasteiger partial charge in [-0.3, -0.25) is 33.8 Å². The Kier molecular flexibility index (Phi) is 6.74. The van der Waals surface area contributed by atoms with E-state index in [2.05, 4.69) is 12.2 Å². The molecule has 4 bridgehead atoms. The van der Waals surface area contributed by atoms with Crippen molar-refractivity contribution < 1.29 is 33.5 Å². The molecule has 0 spiro atoms. The Morgan fingerprint density at radius 1 is 0.791 bits per heavy atom. The fourth-order valence-electron chi connectivity index (χ4n) is 8.72. The summed E-state index contributed by atoms with van der Waals surface area (Å²) in [7, 11) is 0. The standard InChI is InChI=1S/C34H36N2O7/c1-17-6-7-18(2)23(13-17)25(37)16-43-34(42)24(36-32(40)28-21-10-11-22(15-21)29(28)33(36)41)5-3-4-12-35-30(38)26-19-8-9-20(14-19)27(26)31(35)39/h6-11,13,19-22,24,26-29H,3-5,12,14-16H2,1-2H3. The normalized spacial score (nSPS) is 33.6.